The van der Waals surface area contributed by atoms with E-state index in [-0.39, 0.29) is 0 Å². The average molecular weight is 359 g/mol. The van der Waals surface area contributed by atoms with Crippen molar-refractivity contribution in [2.24, 2.45) is 5.41 Å². The largest absolute Gasteiger partial charge is 0.495 e. The molecular formula is C14H19BrN2O4. The average Bonchev–Trinajstić information content (AvgIpc) is 2.36. The van der Waals surface area contributed by atoms with E-state index in [1.807, 2.05) is 0 Å². The van der Waals surface area contributed by atoms with Gasteiger partial charge >= 0.3 is 12.0 Å². The molecular weight excluding hydrogens is 340 g/mol. The van der Waals surface area contributed by atoms with Gasteiger partial charge in [-0.15, -0.1) is 0 Å². The van der Waals surface area contributed by atoms with Crippen molar-refractivity contribution in [3.63, 3.8) is 0 Å². The zero-order chi connectivity index (χ0) is 16.2. The predicted molar refractivity (Wildman–Crippen MR) is 83.7 cm³/mol. The molecule has 0 saturated carbocycles. The monoisotopic (exact) mass is 358 g/mol. The molecule has 0 bridgehead atoms. The molecule has 0 radical (unpaired) electrons. The molecule has 116 valence electrons. The topological polar surface area (TPSA) is 87.7 Å². The predicted octanol–water partition coefficient (Wildman–Crippen LogP) is 3.08. The number of carboxylic acid groups (broad SMARTS) is 1. The van der Waals surface area contributed by atoms with Gasteiger partial charge in [0.2, 0.25) is 0 Å². The lowest BCUT2D eigenvalue weighted by Gasteiger charge is -2.27. The lowest BCUT2D eigenvalue weighted by atomic mass is 9.87. The highest BCUT2D eigenvalue weighted by molar-refractivity contribution is 9.10. The number of benzene rings is 1. The summed E-state index contributed by atoms with van der Waals surface area (Å²) in [6, 6.07) is 3.47. The Balaban J connectivity index is 2.79. The zero-order valence-corrected chi connectivity index (χ0v) is 13.9. The second-order valence-electron chi connectivity index (χ2n) is 5.59. The van der Waals surface area contributed by atoms with Gasteiger partial charge in [0.05, 0.1) is 11.6 Å². The SMILES string of the molecule is COc1cc(NC(=O)N[C@H](C(=O)O)C(C)(C)C)ccc1Br. The minimum atomic E-state index is -1.08. The normalized spacial score (nSPS) is 12.4. The number of carboxylic acids is 1. The van der Waals surface area contributed by atoms with Gasteiger partial charge in [0.15, 0.2) is 0 Å². The van der Waals surface area contributed by atoms with Crippen LogP contribution in [0.15, 0.2) is 22.7 Å². The summed E-state index contributed by atoms with van der Waals surface area (Å²) in [7, 11) is 1.52. The van der Waals surface area contributed by atoms with Crippen molar-refractivity contribution < 1.29 is 19.4 Å². The maximum atomic E-state index is 11.9. The summed E-state index contributed by atoms with van der Waals surface area (Å²) in [4.78, 5) is 23.1. The Morgan fingerprint density at radius 3 is 2.43 bits per heavy atom. The van der Waals surface area contributed by atoms with Crippen LogP contribution in [-0.4, -0.2) is 30.3 Å². The number of carbonyl (C=O) groups is 2. The molecule has 0 aliphatic rings. The molecule has 0 unspecified atom stereocenters. The van der Waals surface area contributed by atoms with Crippen LogP contribution in [0.3, 0.4) is 0 Å². The number of hydrogen-bond donors (Lipinski definition) is 3. The zero-order valence-electron chi connectivity index (χ0n) is 12.4. The summed E-state index contributed by atoms with van der Waals surface area (Å²) in [5.41, 5.74) is -0.0915. The molecule has 1 rings (SSSR count). The maximum Gasteiger partial charge on any atom is 0.326 e. The van der Waals surface area contributed by atoms with Crippen LogP contribution in [0.2, 0.25) is 0 Å². The van der Waals surface area contributed by atoms with Crippen LogP contribution < -0.4 is 15.4 Å². The number of rotatable bonds is 4. The number of nitrogens with one attached hydrogen (secondary N) is 2. The fraction of sp³-hybridized carbons (Fsp3) is 0.429. The van der Waals surface area contributed by atoms with E-state index in [2.05, 4.69) is 26.6 Å². The Hall–Kier alpha value is -1.76. The Labute approximate surface area is 132 Å². The summed E-state index contributed by atoms with van der Waals surface area (Å²) in [5, 5.41) is 14.2. The van der Waals surface area contributed by atoms with Crippen LogP contribution >= 0.6 is 15.9 Å². The number of amides is 2. The number of aliphatic carboxylic acids is 1. The van der Waals surface area contributed by atoms with Crippen molar-refractivity contribution in [1.29, 1.82) is 0 Å². The molecule has 1 atom stereocenters. The van der Waals surface area contributed by atoms with Crippen LogP contribution in [0.25, 0.3) is 0 Å². The first-order valence-electron chi connectivity index (χ1n) is 6.29. The molecule has 1 aromatic rings. The van der Waals surface area contributed by atoms with Crippen LogP contribution in [0.4, 0.5) is 10.5 Å². The highest BCUT2D eigenvalue weighted by Crippen LogP contribution is 2.28. The molecule has 0 spiro atoms. The molecule has 7 heteroatoms. The second kappa shape index (κ2) is 6.80. The molecule has 6 nitrogen and oxygen atoms in total. The summed E-state index contributed by atoms with van der Waals surface area (Å²) in [5.74, 6) is -0.510. The van der Waals surface area contributed by atoms with Crippen molar-refractivity contribution in [2.45, 2.75) is 26.8 Å². The van der Waals surface area contributed by atoms with Gasteiger partial charge in [-0.2, -0.15) is 0 Å². The van der Waals surface area contributed by atoms with Gasteiger partial charge in [0, 0.05) is 11.8 Å². The Bertz CT molecular complexity index is 540. The van der Waals surface area contributed by atoms with Gasteiger partial charge in [-0.3, -0.25) is 0 Å². The molecule has 0 saturated heterocycles. The van der Waals surface area contributed by atoms with Crippen molar-refractivity contribution >= 4 is 33.6 Å². The standard InChI is InChI=1S/C14H19BrN2O4/c1-14(2,3)11(12(18)19)17-13(20)16-8-5-6-9(15)10(7-8)21-4/h5-7,11H,1-4H3,(H,18,19)(H2,16,17,20)/t11-/m1/s1. The highest BCUT2D eigenvalue weighted by atomic mass is 79.9. The van der Waals surface area contributed by atoms with Crippen molar-refractivity contribution in [3.05, 3.63) is 22.7 Å². The first-order valence-corrected chi connectivity index (χ1v) is 7.08. The third-order valence-corrected chi connectivity index (χ3v) is 3.45. The van der Waals surface area contributed by atoms with Crippen molar-refractivity contribution in [2.75, 3.05) is 12.4 Å². The van der Waals surface area contributed by atoms with Crippen LogP contribution in [0.5, 0.6) is 5.75 Å². The van der Waals surface area contributed by atoms with Gasteiger partial charge in [-0.05, 0) is 33.5 Å². The lowest BCUT2D eigenvalue weighted by molar-refractivity contribution is -0.141. The number of carbonyl (C=O) groups excluding carboxylic acids is 1. The third-order valence-electron chi connectivity index (χ3n) is 2.80. The summed E-state index contributed by atoms with van der Waals surface area (Å²) in [6.07, 6.45) is 0. The molecule has 1 aromatic carbocycles. The van der Waals surface area contributed by atoms with Crippen LogP contribution in [0, 0.1) is 5.41 Å². The minimum Gasteiger partial charge on any atom is -0.495 e. The van der Waals surface area contributed by atoms with Crippen molar-refractivity contribution in [3.8, 4) is 5.75 Å². The van der Waals surface area contributed by atoms with E-state index in [4.69, 9.17) is 4.74 Å². The fourth-order valence-corrected chi connectivity index (χ4v) is 2.09. The molecule has 0 heterocycles. The first kappa shape index (κ1) is 17.3. The highest BCUT2D eigenvalue weighted by Gasteiger charge is 2.32. The molecule has 3 N–H and O–H groups in total. The summed E-state index contributed by atoms with van der Waals surface area (Å²) >= 11 is 3.31. The molecule has 2 amide bonds. The minimum absolute atomic E-state index is 0.505. The summed E-state index contributed by atoms with van der Waals surface area (Å²) < 4.78 is 5.89. The summed E-state index contributed by atoms with van der Waals surface area (Å²) in [6.45, 7) is 5.23. The molecule has 0 aliphatic carbocycles. The van der Waals surface area contributed by atoms with Crippen LogP contribution in [-0.2, 0) is 4.79 Å². The van der Waals surface area contributed by atoms with E-state index in [1.165, 1.54) is 7.11 Å². The second-order valence-corrected chi connectivity index (χ2v) is 6.44. The fourth-order valence-electron chi connectivity index (χ4n) is 1.68. The number of methoxy groups -OCH3 is 1. The van der Waals surface area contributed by atoms with Gasteiger partial charge in [0.1, 0.15) is 11.8 Å². The number of urea groups is 1. The molecule has 0 aliphatic heterocycles. The number of hydrogen-bond acceptors (Lipinski definition) is 3. The molecule has 0 fully saturated rings. The van der Waals surface area contributed by atoms with Gasteiger partial charge in [-0.1, -0.05) is 20.8 Å². The number of anilines is 1. The Kier molecular flexibility index (Phi) is 5.60. The first-order chi connectivity index (χ1) is 9.65. The Morgan fingerprint density at radius 1 is 1.33 bits per heavy atom. The smallest absolute Gasteiger partial charge is 0.326 e. The van der Waals surface area contributed by atoms with Gasteiger partial charge < -0.3 is 20.5 Å². The van der Waals surface area contributed by atoms with E-state index in [9.17, 15) is 14.7 Å². The van der Waals surface area contributed by atoms with E-state index in [1.54, 1.807) is 39.0 Å². The third kappa shape index (κ3) is 4.93. The van der Waals surface area contributed by atoms with E-state index in [0.29, 0.717) is 11.4 Å². The molecule has 0 aromatic heterocycles. The lowest BCUT2D eigenvalue weighted by Crippen LogP contribution is -2.50. The number of halogens is 1. The van der Waals surface area contributed by atoms with Crippen LogP contribution in [0.1, 0.15) is 20.8 Å². The maximum absolute atomic E-state index is 11.9. The number of ether oxygens (including phenoxy) is 1. The molecule has 21 heavy (non-hydrogen) atoms. The quantitative estimate of drug-likeness (QED) is 0.771. The van der Waals surface area contributed by atoms with Gasteiger partial charge in [-0.25, -0.2) is 9.59 Å². The van der Waals surface area contributed by atoms with E-state index < -0.39 is 23.5 Å². The van der Waals surface area contributed by atoms with E-state index in [0.717, 1.165) is 4.47 Å². The van der Waals surface area contributed by atoms with E-state index >= 15 is 0 Å². The van der Waals surface area contributed by atoms with Gasteiger partial charge in [0.25, 0.3) is 0 Å². The van der Waals surface area contributed by atoms with Crippen molar-refractivity contribution in [1.82, 2.24) is 5.32 Å². The Morgan fingerprint density at radius 2 is 1.95 bits per heavy atom.